The Labute approximate surface area is 220 Å². The first-order valence-electron chi connectivity index (χ1n) is 13.7. The van der Waals surface area contributed by atoms with E-state index < -0.39 is 0 Å². The van der Waals surface area contributed by atoms with Crippen LogP contribution in [-0.2, 0) is 6.54 Å². The van der Waals surface area contributed by atoms with Crippen LogP contribution in [0, 0.1) is 12.8 Å². The summed E-state index contributed by atoms with van der Waals surface area (Å²) in [6, 6.07) is 14.5. The Balaban J connectivity index is 1.17. The highest BCUT2D eigenvalue weighted by Gasteiger charge is 2.27. The highest BCUT2D eigenvalue weighted by Crippen LogP contribution is 2.23. The second kappa shape index (κ2) is 12.2. The number of aliphatic imine (C=N–C) groups is 1. The fourth-order valence-electron chi connectivity index (χ4n) is 5.42. The van der Waals surface area contributed by atoms with E-state index in [1.807, 2.05) is 30.3 Å². The lowest BCUT2D eigenvalue weighted by molar-refractivity contribution is 0.102. The number of rotatable bonds is 7. The van der Waals surface area contributed by atoms with Gasteiger partial charge in [0.15, 0.2) is 0 Å². The minimum absolute atomic E-state index is 0.0217. The molecule has 0 bridgehead atoms. The molecule has 0 aromatic heterocycles. The maximum Gasteiger partial charge on any atom is 0.255 e. The van der Waals surface area contributed by atoms with Crippen molar-refractivity contribution in [3.63, 3.8) is 0 Å². The monoisotopic (exact) mass is 503 g/mol. The number of nitrogens with one attached hydrogen (secondary N) is 4. The molecule has 3 atom stereocenters. The van der Waals surface area contributed by atoms with Crippen molar-refractivity contribution in [2.45, 2.75) is 45.1 Å². The molecular weight excluding hydrogens is 462 g/mol. The number of hydrogen-bond acceptors (Lipinski definition) is 7. The fraction of sp³-hybridized carbons (Fsp3) is 0.517. The molecule has 2 aromatic carbocycles. The van der Waals surface area contributed by atoms with Gasteiger partial charge in [-0.1, -0.05) is 18.2 Å². The summed E-state index contributed by atoms with van der Waals surface area (Å²) in [5.41, 5.74) is 4.84. The number of aryl methyl sites for hydroxylation is 1. The Hall–Kier alpha value is -2.78. The highest BCUT2D eigenvalue weighted by atomic mass is 16.1. The van der Waals surface area contributed by atoms with E-state index in [0.717, 1.165) is 69.2 Å². The number of carbonyl (C=O) groups is 1. The van der Waals surface area contributed by atoms with E-state index in [1.165, 1.54) is 18.4 Å². The summed E-state index contributed by atoms with van der Waals surface area (Å²) in [4.78, 5) is 22.3. The Morgan fingerprint density at radius 1 is 1.08 bits per heavy atom. The minimum atomic E-state index is -0.0912. The van der Waals surface area contributed by atoms with Crippen molar-refractivity contribution >= 4 is 23.5 Å². The van der Waals surface area contributed by atoms with Crippen LogP contribution in [0.3, 0.4) is 0 Å². The predicted molar refractivity (Wildman–Crippen MR) is 151 cm³/mol. The number of likely N-dealkylation sites (N-methyl/N-ethyl adjacent to an activating group) is 1. The first kappa shape index (κ1) is 25.9. The number of nitrogens with zero attached hydrogens (tertiary/aromatic N) is 3. The predicted octanol–water partition coefficient (Wildman–Crippen LogP) is 3.12. The van der Waals surface area contributed by atoms with E-state index in [1.54, 1.807) is 0 Å². The molecule has 0 radical (unpaired) electrons. The zero-order valence-corrected chi connectivity index (χ0v) is 22.2. The van der Waals surface area contributed by atoms with E-state index in [2.05, 4.69) is 68.4 Å². The summed E-state index contributed by atoms with van der Waals surface area (Å²) in [7, 11) is 2.17. The van der Waals surface area contributed by atoms with Gasteiger partial charge >= 0.3 is 0 Å². The number of benzene rings is 2. The third kappa shape index (κ3) is 6.96. The fourth-order valence-corrected chi connectivity index (χ4v) is 5.42. The van der Waals surface area contributed by atoms with E-state index >= 15 is 0 Å². The summed E-state index contributed by atoms with van der Waals surface area (Å²) in [6.45, 7) is 9.32. The van der Waals surface area contributed by atoms with Gasteiger partial charge in [-0.05, 0) is 75.2 Å². The van der Waals surface area contributed by atoms with Crippen LogP contribution in [0.5, 0.6) is 0 Å². The molecule has 3 aliphatic heterocycles. The maximum absolute atomic E-state index is 13.0. The summed E-state index contributed by atoms with van der Waals surface area (Å²) >= 11 is 0. The van der Waals surface area contributed by atoms with Crippen LogP contribution in [0.1, 0.15) is 40.7 Å². The Bertz CT molecular complexity index is 1080. The molecule has 1 amide bonds. The van der Waals surface area contributed by atoms with Gasteiger partial charge in [-0.25, -0.2) is 0 Å². The zero-order chi connectivity index (χ0) is 25.6. The molecule has 8 nitrogen and oxygen atoms in total. The van der Waals surface area contributed by atoms with E-state index in [9.17, 15) is 4.79 Å². The second-order valence-electron chi connectivity index (χ2n) is 10.7. The topological polar surface area (TPSA) is 84.0 Å². The van der Waals surface area contributed by atoms with Crippen molar-refractivity contribution in [3.05, 3.63) is 59.2 Å². The smallest absolute Gasteiger partial charge is 0.255 e. The van der Waals surface area contributed by atoms with Crippen LogP contribution in [0.25, 0.3) is 0 Å². The molecule has 2 aromatic rings. The molecule has 4 N–H and O–H groups in total. The first-order valence-corrected chi connectivity index (χ1v) is 13.7. The molecule has 5 rings (SSSR count). The van der Waals surface area contributed by atoms with Crippen molar-refractivity contribution < 1.29 is 4.79 Å². The van der Waals surface area contributed by atoms with E-state index in [0.29, 0.717) is 17.5 Å². The molecule has 37 heavy (non-hydrogen) atoms. The molecule has 0 aliphatic carbocycles. The summed E-state index contributed by atoms with van der Waals surface area (Å²) in [6.07, 6.45) is 5.59. The number of piperazine rings is 1. The van der Waals surface area contributed by atoms with Gasteiger partial charge in [-0.3, -0.25) is 25.3 Å². The number of anilines is 2. The van der Waals surface area contributed by atoms with Gasteiger partial charge in [0.1, 0.15) is 6.29 Å². The van der Waals surface area contributed by atoms with Gasteiger partial charge in [0.2, 0.25) is 0 Å². The molecule has 0 spiro atoms. The van der Waals surface area contributed by atoms with E-state index in [4.69, 9.17) is 0 Å². The van der Waals surface area contributed by atoms with Gasteiger partial charge in [0.25, 0.3) is 5.91 Å². The minimum Gasteiger partial charge on any atom is -0.357 e. The lowest BCUT2D eigenvalue weighted by Gasteiger charge is -2.37. The van der Waals surface area contributed by atoms with Crippen LogP contribution in [0.15, 0.2) is 47.5 Å². The van der Waals surface area contributed by atoms with Crippen LogP contribution < -0.4 is 21.3 Å². The van der Waals surface area contributed by atoms with Gasteiger partial charge < -0.3 is 15.5 Å². The molecule has 198 valence electrons. The van der Waals surface area contributed by atoms with Crippen molar-refractivity contribution in [3.8, 4) is 0 Å². The van der Waals surface area contributed by atoms with Gasteiger partial charge in [-0.2, -0.15) is 0 Å². The molecule has 3 unspecified atom stereocenters. The Kier molecular flexibility index (Phi) is 8.51. The highest BCUT2D eigenvalue weighted by molar-refractivity contribution is 6.04. The van der Waals surface area contributed by atoms with E-state index in [-0.39, 0.29) is 12.2 Å². The van der Waals surface area contributed by atoms with Crippen LogP contribution in [0.4, 0.5) is 11.4 Å². The number of carbonyl (C=O) groups excluding carboxylic acids is 1. The third-order valence-electron chi connectivity index (χ3n) is 7.84. The largest absolute Gasteiger partial charge is 0.357 e. The number of amides is 1. The molecular formula is C29H41N7O. The lowest BCUT2D eigenvalue weighted by Crippen LogP contribution is -2.59. The molecule has 0 saturated carbocycles. The normalized spacial score (nSPS) is 25.1. The van der Waals surface area contributed by atoms with Crippen molar-refractivity contribution in [2.75, 3.05) is 56.9 Å². The number of hydrogen-bond donors (Lipinski definition) is 4. The summed E-state index contributed by atoms with van der Waals surface area (Å²) in [5, 5.41) is 13.9. The molecule has 2 saturated heterocycles. The average Bonchev–Trinajstić information content (AvgIpc) is 2.93. The first-order chi connectivity index (χ1) is 18.0. The molecule has 2 fully saturated rings. The van der Waals surface area contributed by atoms with Gasteiger partial charge in [-0.15, -0.1) is 0 Å². The molecule has 8 heteroatoms. The van der Waals surface area contributed by atoms with Crippen molar-refractivity contribution in [1.82, 2.24) is 20.4 Å². The van der Waals surface area contributed by atoms with Crippen LogP contribution in [-0.4, -0.2) is 80.6 Å². The van der Waals surface area contributed by atoms with Crippen LogP contribution in [0.2, 0.25) is 0 Å². The van der Waals surface area contributed by atoms with Gasteiger partial charge in [0.05, 0.1) is 0 Å². The average molecular weight is 504 g/mol. The standard InChI is InChI=1S/C29H41N7O/c1-21-5-10-25(18-27(21)34-29-31-13-11-26(33-29)24-4-3-12-30-19-24)32-28(37)23-8-6-22(7-9-23)20-36-16-14-35(2)15-17-36/h5-10,18-19,24,26,29,31,33-34H,3-4,11-17,20H2,1-2H3,(H,32,37). The van der Waals surface area contributed by atoms with Crippen molar-refractivity contribution in [1.29, 1.82) is 0 Å². The SMILES string of the molecule is Cc1ccc(NC(=O)c2ccc(CN3CCN(C)CC3)cc2)cc1NC1NCCC(C2C=NCCC2)N1. The summed E-state index contributed by atoms with van der Waals surface area (Å²) in [5.74, 6) is 0.409. The van der Waals surface area contributed by atoms with Crippen LogP contribution >= 0.6 is 0 Å². The summed E-state index contributed by atoms with van der Waals surface area (Å²) < 4.78 is 0. The van der Waals surface area contributed by atoms with Gasteiger partial charge in [0, 0.05) is 74.4 Å². The van der Waals surface area contributed by atoms with Crippen molar-refractivity contribution in [2.24, 2.45) is 10.9 Å². The second-order valence-corrected chi connectivity index (χ2v) is 10.7. The third-order valence-corrected chi connectivity index (χ3v) is 7.84. The lowest BCUT2D eigenvalue weighted by atomic mass is 9.91. The quantitative estimate of drug-likeness (QED) is 0.465. The maximum atomic E-state index is 13.0. The molecule has 3 aliphatic rings. The molecule has 3 heterocycles. The Morgan fingerprint density at radius 2 is 1.89 bits per heavy atom. The zero-order valence-electron chi connectivity index (χ0n) is 22.2. The Morgan fingerprint density at radius 3 is 2.65 bits per heavy atom.